The summed E-state index contributed by atoms with van der Waals surface area (Å²) >= 11 is 6.10. The van der Waals surface area contributed by atoms with E-state index in [9.17, 15) is 18.4 Å². The molecule has 0 aliphatic heterocycles. The summed E-state index contributed by atoms with van der Waals surface area (Å²) in [6, 6.07) is 16.6. The average molecular weight is 536 g/mol. The largest absolute Gasteiger partial charge is 0.338 e. The van der Waals surface area contributed by atoms with E-state index in [0.717, 1.165) is 12.1 Å². The highest BCUT2D eigenvalue weighted by Crippen LogP contribution is 2.16. The number of nitrogens with two attached hydrogens (primary N) is 1. The lowest BCUT2D eigenvalue weighted by Gasteiger charge is -2.21. The molecule has 0 atom stereocenters. The Morgan fingerprint density at radius 3 is 2.50 bits per heavy atom. The summed E-state index contributed by atoms with van der Waals surface area (Å²) in [6.07, 6.45) is 0.716. The van der Waals surface area contributed by atoms with Gasteiger partial charge in [-0.05, 0) is 61.4 Å². The van der Waals surface area contributed by atoms with Gasteiger partial charge in [-0.25, -0.2) is 13.8 Å². The molecule has 10 heteroatoms. The van der Waals surface area contributed by atoms with Crippen LogP contribution in [0, 0.1) is 23.5 Å². The molecule has 0 radical (unpaired) electrons. The molecule has 38 heavy (non-hydrogen) atoms. The molecule has 3 N–H and O–H groups in total. The van der Waals surface area contributed by atoms with E-state index in [1.54, 1.807) is 30.3 Å². The predicted molar refractivity (Wildman–Crippen MR) is 144 cm³/mol. The maximum atomic E-state index is 13.7. The van der Waals surface area contributed by atoms with Crippen molar-refractivity contribution >= 4 is 34.1 Å². The number of halogens is 3. The molecule has 7 nitrogen and oxygen atoms in total. The lowest BCUT2D eigenvalue weighted by atomic mass is 10.1. The van der Waals surface area contributed by atoms with Gasteiger partial charge in [0.05, 0.1) is 16.6 Å². The van der Waals surface area contributed by atoms with Crippen LogP contribution in [0.25, 0.3) is 10.9 Å². The minimum absolute atomic E-state index is 0.0959. The average Bonchev–Trinajstić information content (AvgIpc) is 2.89. The first-order chi connectivity index (χ1) is 18.4. The molecule has 0 saturated heterocycles. The van der Waals surface area contributed by atoms with Gasteiger partial charge in [0, 0.05) is 36.2 Å². The van der Waals surface area contributed by atoms with E-state index < -0.39 is 17.5 Å². The first-order valence-corrected chi connectivity index (χ1v) is 12.2. The molecule has 0 bridgehead atoms. The van der Waals surface area contributed by atoms with Gasteiger partial charge in [0.1, 0.15) is 11.6 Å². The van der Waals surface area contributed by atoms with Gasteiger partial charge in [-0.15, -0.1) is 0 Å². The zero-order valence-corrected chi connectivity index (χ0v) is 21.0. The smallest absolute Gasteiger partial charge is 0.281 e. The van der Waals surface area contributed by atoms with E-state index in [1.165, 1.54) is 9.58 Å². The number of amides is 1. The number of carbonyl (C=O) groups excluding carboxylic acids is 1. The molecule has 1 heterocycles. The minimum atomic E-state index is -0.835. The van der Waals surface area contributed by atoms with Crippen LogP contribution in [-0.4, -0.2) is 40.1 Å². The number of carbonyl (C=O) groups is 1. The van der Waals surface area contributed by atoms with Crippen molar-refractivity contribution in [3.05, 3.63) is 105 Å². The van der Waals surface area contributed by atoms with Gasteiger partial charge in [0.15, 0.2) is 0 Å². The molecule has 1 aromatic heterocycles. The van der Waals surface area contributed by atoms with Gasteiger partial charge >= 0.3 is 0 Å². The molecule has 0 saturated carbocycles. The lowest BCUT2D eigenvalue weighted by molar-refractivity contribution is 0.0757. The SMILES string of the molecule is NCCCN(CCC#Cc1nc2cc(Cl)ccc2c(=O)n1Nc1ccccc1)C(=O)c1cc(F)cc(F)c1. The van der Waals surface area contributed by atoms with Gasteiger partial charge in [-0.1, -0.05) is 35.7 Å². The maximum Gasteiger partial charge on any atom is 0.281 e. The molecule has 0 spiro atoms. The fourth-order valence-corrected chi connectivity index (χ4v) is 3.94. The van der Waals surface area contributed by atoms with Crippen LogP contribution in [0.2, 0.25) is 5.02 Å². The van der Waals surface area contributed by atoms with Crippen LogP contribution >= 0.6 is 11.6 Å². The third kappa shape index (κ3) is 6.54. The number of fused-ring (bicyclic) bond motifs is 1. The van der Waals surface area contributed by atoms with Gasteiger partial charge in [0.25, 0.3) is 11.5 Å². The van der Waals surface area contributed by atoms with Crippen molar-refractivity contribution in [2.24, 2.45) is 5.73 Å². The van der Waals surface area contributed by atoms with E-state index in [-0.39, 0.29) is 29.9 Å². The Balaban J connectivity index is 1.61. The van der Waals surface area contributed by atoms with Crippen molar-refractivity contribution in [1.29, 1.82) is 0 Å². The first-order valence-electron chi connectivity index (χ1n) is 11.8. The zero-order chi connectivity index (χ0) is 27.1. The lowest BCUT2D eigenvalue weighted by Crippen LogP contribution is -2.34. The molecular weight excluding hydrogens is 512 g/mol. The number of rotatable bonds is 8. The Bertz CT molecular complexity index is 1560. The third-order valence-electron chi connectivity index (χ3n) is 5.58. The molecule has 0 aliphatic rings. The van der Waals surface area contributed by atoms with Crippen molar-refractivity contribution in [1.82, 2.24) is 14.6 Å². The number of benzene rings is 3. The molecule has 0 fully saturated rings. The molecule has 4 rings (SSSR count). The second kappa shape index (κ2) is 12.3. The van der Waals surface area contributed by atoms with Gasteiger partial charge < -0.3 is 10.6 Å². The number of anilines is 1. The maximum absolute atomic E-state index is 13.7. The number of hydrogen-bond acceptors (Lipinski definition) is 5. The van der Waals surface area contributed by atoms with Crippen LogP contribution in [0.3, 0.4) is 0 Å². The van der Waals surface area contributed by atoms with Crippen LogP contribution in [-0.2, 0) is 0 Å². The summed E-state index contributed by atoms with van der Waals surface area (Å²) in [4.78, 5) is 32.1. The van der Waals surface area contributed by atoms with Gasteiger partial charge in [-0.2, -0.15) is 4.68 Å². The van der Waals surface area contributed by atoms with E-state index in [4.69, 9.17) is 17.3 Å². The normalized spacial score (nSPS) is 10.6. The summed E-state index contributed by atoms with van der Waals surface area (Å²) in [5.74, 6) is 3.82. The van der Waals surface area contributed by atoms with E-state index in [0.29, 0.717) is 47.2 Å². The monoisotopic (exact) mass is 535 g/mol. The highest BCUT2D eigenvalue weighted by molar-refractivity contribution is 6.31. The highest BCUT2D eigenvalue weighted by Gasteiger charge is 2.17. The Morgan fingerprint density at radius 1 is 1.05 bits per heavy atom. The Labute approximate surface area is 222 Å². The summed E-state index contributed by atoms with van der Waals surface area (Å²) in [6.45, 7) is 0.815. The topological polar surface area (TPSA) is 93.2 Å². The minimum Gasteiger partial charge on any atom is -0.338 e. The Morgan fingerprint density at radius 2 is 1.79 bits per heavy atom. The summed E-state index contributed by atoms with van der Waals surface area (Å²) in [5.41, 5.74) is 9.24. The third-order valence-corrected chi connectivity index (χ3v) is 5.82. The van der Waals surface area contributed by atoms with Crippen LogP contribution in [0.1, 0.15) is 29.0 Å². The highest BCUT2D eigenvalue weighted by atomic mass is 35.5. The molecule has 0 aliphatic carbocycles. The van der Waals surface area contributed by atoms with Crippen LogP contribution in [0.4, 0.5) is 14.5 Å². The summed E-state index contributed by atoms with van der Waals surface area (Å²) in [5, 5.41) is 0.796. The number of nitrogens with one attached hydrogen (secondary N) is 1. The second-order valence-corrected chi connectivity index (χ2v) is 8.80. The molecule has 4 aromatic rings. The zero-order valence-electron chi connectivity index (χ0n) is 20.3. The van der Waals surface area contributed by atoms with E-state index in [1.807, 2.05) is 18.2 Å². The quantitative estimate of drug-likeness (QED) is 0.325. The van der Waals surface area contributed by atoms with Gasteiger partial charge in [0.2, 0.25) is 5.82 Å². The van der Waals surface area contributed by atoms with Crippen LogP contribution in [0.5, 0.6) is 0 Å². The fourth-order valence-electron chi connectivity index (χ4n) is 3.78. The van der Waals surface area contributed by atoms with Gasteiger partial charge in [-0.3, -0.25) is 15.0 Å². The molecule has 194 valence electrons. The van der Waals surface area contributed by atoms with Crippen molar-refractivity contribution < 1.29 is 13.6 Å². The molecular formula is C28H24ClF2N5O2. The van der Waals surface area contributed by atoms with Crippen molar-refractivity contribution in [2.75, 3.05) is 25.1 Å². The molecule has 0 unspecified atom stereocenters. The predicted octanol–water partition coefficient (Wildman–Crippen LogP) is 4.44. The molecule has 1 amide bonds. The second-order valence-electron chi connectivity index (χ2n) is 8.36. The van der Waals surface area contributed by atoms with Crippen LogP contribution in [0.15, 0.2) is 71.5 Å². The van der Waals surface area contributed by atoms with Crippen molar-refractivity contribution in [3.8, 4) is 11.8 Å². The summed E-state index contributed by atoms with van der Waals surface area (Å²) < 4.78 is 28.6. The Kier molecular flexibility index (Phi) is 8.69. The van der Waals surface area contributed by atoms with E-state index in [2.05, 4.69) is 22.3 Å². The van der Waals surface area contributed by atoms with E-state index >= 15 is 0 Å². The number of nitrogens with zero attached hydrogens (tertiary/aromatic N) is 3. The molecule has 3 aromatic carbocycles. The van der Waals surface area contributed by atoms with Crippen molar-refractivity contribution in [2.45, 2.75) is 12.8 Å². The number of para-hydroxylation sites is 1. The van der Waals surface area contributed by atoms with Crippen LogP contribution < -0.4 is 16.7 Å². The number of aromatic nitrogens is 2. The number of hydrogen-bond donors (Lipinski definition) is 2. The standard InChI is InChI=1S/C28H24ClF2N5O2/c29-20-10-11-24-25(17-20)33-26(36(28(24)38)34-23-7-2-1-3-8-23)9-4-5-13-35(14-6-12-32)27(37)19-15-21(30)18-22(31)16-19/h1-3,7-8,10-11,15-18,34H,5-6,12-14,32H2. The first kappa shape index (κ1) is 26.8. The Hall–Kier alpha value is -4.26. The summed E-state index contributed by atoms with van der Waals surface area (Å²) in [7, 11) is 0. The van der Waals surface area contributed by atoms with Crippen molar-refractivity contribution in [3.63, 3.8) is 0 Å². The fraction of sp³-hybridized carbons (Fsp3) is 0.179.